The smallest absolute Gasteiger partial charge is 0.239 e. The number of benzene rings is 1. The van der Waals surface area contributed by atoms with Gasteiger partial charge in [-0.15, -0.1) is 0 Å². The molecule has 0 spiro atoms. The Kier molecular flexibility index (Phi) is 5.23. The topological polar surface area (TPSA) is 67.2 Å². The number of hydrogen-bond donors (Lipinski definition) is 2. The highest BCUT2D eigenvalue weighted by molar-refractivity contribution is 5.83. The second-order valence-corrected chi connectivity index (χ2v) is 5.88. The molecule has 0 aliphatic rings. The van der Waals surface area contributed by atoms with Gasteiger partial charge in [-0.2, -0.15) is 0 Å². The summed E-state index contributed by atoms with van der Waals surface area (Å²) in [7, 11) is 0. The number of pyridine rings is 1. The summed E-state index contributed by atoms with van der Waals surface area (Å²) in [5, 5.41) is 13.5. The van der Waals surface area contributed by atoms with Crippen molar-refractivity contribution in [1.82, 2.24) is 14.9 Å². The Morgan fingerprint density at radius 3 is 2.79 bits per heavy atom. The highest BCUT2D eigenvalue weighted by atomic mass is 16.3. The lowest BCUT2D eigenvalue weighted by atomic mass is 10.0. The SMILES string of the molecule is O=C(Cn1ccc2ccccc21)NCC(CO)Cc1ccccn1. The molecule has 0 saturated carbocycles. The van der Waals surface area contributed by atoms with E-state index in [2.05, 4.69) is 10.3 Å². The number of para-hydroxylation sites is 1. The van der Waals surface area contributed by atoms with Gasteiger partial charge in [-0.05, 0) is 36.1 Å². The van der Waals surface area contributed by atoms with Crippen LogP contribution < -0.4 is 5.32 Å². The van der Waals surface area contributed by atoms with Gasteiger partial charge in [0.15, 0.2) is 0 Å². The van der Waals surface area contributed by atoms with Crippen molar-refractivity contribution in [2.75, 3.05) is 13.2 Å². The first-order chi connectivity index (χ1) is 11.8. The third-order valence-corrected chi connectivity index (χ3v) is 4.06. The lowest BCUT2D eigenvalue weighted by Crippen LogP contribution is -2.34. The second-order valence-electron chi connectivity index (χ2n) is 5.88. The molecule has 3 aromatic rings. The number of aromatic nitrogens is 2. The Labute approximate surface area is 141 Å². The number of aliphatic hydroxyl groups is 1. The van der Waals surface area contributed by atoms with Crippen molar-refractivity contribution in [3.05, 3.63) is 66.6 Å². The molecular weight excluding hydrogens is 302 g/mol. The minimum atomic E-state index is -0.0594. The van der Waals surface area contributed by atoms with Gasteiger partial charge in [0.1, 0.15) is 6.54 Å². The van der Waals surface area contributed by atoms with Crippen LogP contribution in [0.1, 0.15) is 5.69 Å². The van der Waals surface area contributed by atoms with Gasteiger partial charge in [0, 0.05) is 42.7 Å². The van der Waals surface area contributed by atoms with Crippen LogP contribution in [-0.2, 0) is 17.8 Å². The zero-order valence-corrected chi connectivity index (χ0v) is 13.4. The molecule has 2 heterocycles. The van der Waals surface area contributed by atoms with Crippen LogP contribution in [0, 0.1) is 5.92 Å². The van der Waals surface area contributed by atoms with Crippen LogP contribution in [0.3, 0.4) is 0 Å². The van der Waals surface area contributed by atoms with Crippen LogP contribution in [-0.4, -0.2) is 33.7 Å². The predicted octanol–water partition coefficient (Wildman–Crippen LogP) is 2.00. The molecule has 24 heavy (non-hydrogen) atoms. The summed E-state index contributed by atoms with van der Waals surface area (Å²) < 4.78 is 1.93. The van der Waals surface area contributed by atoms with Gasteiger partial charge in [0.25, 0.3) is 0 Å². The number of hydrogen-bond acceptors (Lipinski definition) is 3. The standard InChI is InChI=1S/C19H21N3O2/c23-14-15(11-17-6-3-4-9-20-17)12-21-19(24)13-22-10-8-16-5-1-2-7-18(16)22/h1-10,15,23H,11-14H2,(H,21,24). The number of nitrogens with one attached hydrogen (secondary N) is 1. The Morgan fingerprint density at radius 2 is 2.00 bits per heavy atom. The van der Waals surface area contributed by atoms with Crippen LogP contribution in [0.2, 0.25) is 0 Å². The molecule has 5 nitrogen and oxygen atoms in total. The normalized spacial score (nSPS) is 12.2. The number of rotatable bonds is 7. The first-order valence-electron chi connectivity index (χ1n) is 8.07. The number of fused-ring (bicyclic) bond motifs is 1. The lowest BCUT2D eigenvalue weighted by molar-refractivity contribution is -0.121. The van der Waals surface area contributed by atoms with E-state index < -0.39 is 0 Å². The van der Waals surface area contributed by atoms with Gasteiger partial charge in [0.05, 0.1) is 0 Å². The molecule has 5 heteroatoms. The zero-order valence-electron chi connectivity index (χ0n) is 13.4. The van der Waals surface area contributed by atoms with Crippen molar-refractivity contribution < 1.29 is 9.90 Å². The molecule has 2 N–H and O–H groups in total. The highest BCUT2D eigenvalue weighted by Gasteiger charge is 2.12. The summed E-state index contributed by atoms with van der Waals surface area (Å²) in [4.78, 5) is 16.5. The monoisotopic (exact) mass is 323 g/mol. The molecule has 1 aromatic carbocycles. The molecule has 1 amide bonds. The lowest BCUT2D eigenvalue weighted by Gasteiger charge is -2.15. The van der Waals surface area contributed by atoms with Crippen LogP contribution in [0.5, 0.6) is 0 Å². The van der Waals surface area contributed by atoms with Gasteiger partial charge < -0.3 is 15.0 Å². The molecule has 124 valence electrons. The molecule has 2 aromatic heterocycles. The van der Waals surface area contributed by atoms with E-state index in [1.54, 1.807) is 6.20 Å². The van der Waals surface area contributed by atoms with Crippen LogP contribution in [0.4, 0.5) is 0 Å². The molecule has 1 atom stereocenters. The zero-order chi connectivity index (χ0) is 16.8. The van der Waals surface area contributed by atoms with Gasteiger partial charge in [-0.25, -0.2) is 0 Å². The molecule has 0 aliphatic carbocycles. The summed E-state index contributed by atoms with van der Waals surface area (Å²) in [6.07, 6.45) is 4.30. The molecule has 0 fully saturated rings. The summed E-state index contributed by atoms with van der Waals surface area (Å²) in [5.41, 5.74) is 1.96. The van der Waals surface area contributed by atoms with E-state index in [0.717, 1.165) is 16.6 Å². The summed E-state index contributed by atoms with van der Waals surface area (Å²) in [6.45, 7) is 0.726. The van der Waals surface area contributed by atoms with Gasteiger partial charge in [-0.3, -0.25) is 9.78 Å². The van der Waals surface area contributed by atoms with E-state index in [9.17, 15) is 9.90 Å². The van der Waals surface area contributed by atoms with E-state index in [1.807, 2.05) is 59.3 Å². The quantitative estimate of drug-likeness (QED) is 0.699. The average molecular weight is 323 g/mol. The maximum absolute atomic E-state index is 12.2. The van der Waals surface area contributed by atoms with Crippen LogP contribution in [0.25, 0.3) is 10.9 Å². The van der Waals surface area contributed by atoms with E-state index in [1.165, 1.54) is 0 Å². The van der Waals surface area contributed by atoms with Crippen molar-refractivity contribution in [3.8, 4) is 0 Å². The first kappa shape index (κ1) is 16.2. The highest BCUT2D eigenvalue weighted by Crippen LogP contribution is 2.14. The van der Waals surface area contributed by atoms with Crippen molar-refractivity contribution >= 4 is 16.8 Å². The number of carbonyl (C=O) groups excluding carboxylic acids is 1. The number of amides is 1. The largest absolute Gasteiger partial charge is 0.396 e. The predicted molar refractivity (Wildman–Crippen MR) is 93.5 cm³/mol. The Hall–Kier alpha value is -2.66. The molecule has 0 radical (unpaired) electrons. The number of nitrogens with zero attached hydrogens (tertiary/aromatic N) is 2. The van der Waals surface area contributed by atoms with E-state index in [0.29, 0.717) is 13.0 Å². The van der Waals surface area contributed by atoms with E-state index >= 15 is 0 Å². The van der Waals surface area contributed by atoms with Crippen molar-refractivity contribution in [1.29, 1.82) is 0 Å². The second kappa shape index (κ2) is 7.75. The van der Waals surface area contributed by atoms with Crippen LogP contribution >= 0.6 is 0 Å². The Balaban J connectivity index is 1.54. The van der Waals surface area contributed by atoms with E-state index in [4.69, 9.17) is 0 Å². The number of aliphatic hydroxyl groups excluding tert-OH is 1. The molecule has 0 saturated heterocycles. The molecular formula is C19H21N3O2. The van der Waals surface area contributed by atoms with Crippen LogP contribution in [0.15, 0.2) is 60.9 Å². The molecule has 1 unspecified atom stereocenters. The third-order valence-electron chi connectivity index (χ3n) is 4.06. The van der Waals surface area contributed by atoms with Gasteiger partial charge in [-0.1, -0.05) is 24.3 Å². The fraction of sp³-hybridized carbons (Fsp3) is 0.263. The Morgan fingerprint density at radius 1 is 1.17 bits per heavy atom. The summed E-state index contributed by atoms with van der Waals surface area (Å²) in [5.74, 6) is -0.0962. The van der Waals surface area contributed by atoms with Gasteiger partial charge >= 0.3 is 0 Å². The maximum atomic E-state index is 12.2. The first-order valence-corrected chi connectivity index (χ1v) is 8.07. The van der Waals surface area contributed by atoms with Crippen molar-refractivity contribution in [3.63, 3.8) is 0 Å². The summed E-state index contributed by atoms with van der Waals surface area (Å²) in [6, 6.07) is 15.7. The minimum absolute atomic E-state index is 0.0172. The molecule has 0 bridgehead atoms. The van der Waals surface area contributed by atoms with Crippen molar-refractivity contribution in [2.24, 2.45) is 5.92 Å². The minimum Gasteiger partial charge on any atom is -0.396 e. The number of carbonyl (C=O) groups is 1. The van der Waals surface area contributed by atoms with Crippen molar-refractivity contribution in [2.45, 2.75) is 13.0 Å². The summed E-state index contributed by atoms with van der Waals surface area (Å²) >= 11 is 0. The maximum Gasteiger partial charge on any atom is 0.239 e. The fourth-order valence-electron chi connectivity index (χ4n) is 2.76. The Bertz CT molecular complexity index is 798. The third kappa shape index (κ3) is 4.00. The molecule has 3 rings (SSSR count). The molecule has 0 aliphatic heterocycles. The fourth-order valence-corrected chi connectivity index (χ4v) is 2.76. The average Bonchev–Trinajstić information content (AvgIpc) is 3.02. The van der Waals surface area contributed by atoms with E-state index in [-0.39, 0.29) is 25.0 Å². The van der Waals surface area contributed by atoms with Gasteiger partial charge in [0.2, 0.25) is 5.91 Å².